The molecule has 2 aliphatic carbocycles. The fourth-order valence-corrected chi connectivity index (χ4v) is 7.28. The molecule has 1 atom stereocenters. The molecule has 5 N–H and O–H groups in total. The molecule has 1 aromatic heterocycles. The first kappa shape index (κ1) is 41.0. The van der Waals surface area contributed by atoms with Crippen LogP contribution in [0, 0.1) is 10.8 Å². The molecule has 14 nitrogen and oxygen atoms in total. The van der Waals surface area contributed by atoms with Gasteiger partial charge in [0.25, 0.3) is 5.91 Å². The van der Waals surface area contributed by atoms with E-state index in [1.165, 1.54) is 24.3 Å². The molecule has 55 heavy (non-hydrogen) atoms. The summed E-state index contributed by atoms with van der Waals surface area (Å²) in [6.07, 6.45) is -0.817. The van der Waals surface area contributed by atoms with Crippen LogP contribution in [0.3, 0.4) is 0 Å². The van der Waals surface area contributed by atoms with Gasteiger partial charge in [0.2, 0.25) is 11.9 Å². The molecule has 2 saturated carbocycles. The second kappa shape index (κ2) is 16.3. The van der Waals surface area contributed by atoms with E-state index in [0.717, 1.165) is 19.1 Å². The van der Waals surface area contributed by atoms with Crippen LogP contribution in [0.1, 0.15) is 75.7 Å². The second-order valence-electron chi connectivity index (χ2n) is 15.4. The van der Waals surface area contributed by atoms with Crippen LogP contribution < -0.4 is 31.3 Å². The zero-order valence-electron chi connectivity index (χ0n) is 31.0. The molecule has 3 amide bonds. The van der Waals surface area contributed by atoms with E-state index in [2.05, 4.69) is 69.2 Å². The topological polar surface area (TPSA) is 186 Å². The Kier molecular flexibility index (Phi) is 12.1. The summed E-state index contributed by atoms with van der Waals surface area (Å²) in [5, 5.41) is 14.3. The molecule has 3 aromatic rings. The maximum atomic E-state index is 13.1. The quantitative estimate of drug-likeness (QED) is 0.110. The van der Waals surface area contributed by atoms with Crippen LogP contribution >= 0.6 is 11.6 Å². The number of carbonyl (C=O) groups is 4. The summed E-state index contributed by atoms with van der Waals surface area (Å²) in [5.41, 5.74) is 0.757. The molecule has 296 valence electrons. The summed E-state index contributed by atoms with van der Waals surface area (Å²) in [7, 11) is 1.12. The van der Waals surface area contributed by atoms with Crippen LogP contribution in [0.15, 0.2) is 48.5 Å². The van der Waals surface area contributed by atoms with Crippen molar-refractivity contribution in [3.05, 3.63) is 64.7 Å². The average Bonchev–Trinajstić information content (AvgIpc) is 3.87. The predicted molar refractivity (Wildman–Crippen MR) is 197 cm³/mol. The second-order valence-corrected chi connectivity index (χ2v) is 15.9. The number of nitrogens with zero attached hydrogens (tertiary/aromatic N) is 3. The van der Waals surface area contributed by atoms with E-state index in [9.17, 15) is 32.3 Å². The van der Waals surface area contributed by atoms with Crippen molar-refractivity contribution in [2.75, 3.05) is 30.9 Å². The first-order valence-corrected chi connectivity index (χ1v) is 18.0. The van der Waals surface area contributed by atoms with Crippen molar-refractivity contribution in [3.8, 4) is 6.01 Å². The van der Waals surface area contributed by atoms with E-state index in [1.807, 2.05) is 12.1 Å². The molecule has 0 bridgehead atoms. The number of ether oxygens (including phenoxy) is 2. The number of rotatable bonds is 13. The van der Waals surface area contributed by atoms with Crippen molar-refractivity contribution in [2.45, 2.75) is 83.6 Å². The Morgan fingerprint density at radius 3 is 2.09 bits per heavy atom. The molecule has 1 unspecified atom stereocenters. The third-order valence-corrected chi connectivity index (χ3v) is 9.49. The molecule has 0 aliphatic heterocycles. The normalized spacial score (nSPS) is 17.5. The maximum absolute atomic E-state index is 13.1. The lowest BCUT2D eigenvalue weighted by molar-refractivity contribution is -0.154. The summed E-state index contributed by atoms with van der Waals surface area (Å²) >= 11 is 6.03. The van der Waals surface area contributed by atoms with Gasteiger partial charge in [-0.25, -0.2) is 4.79 Å². The number of hydrogen-bond donors (Lipinski definition) is 5. The highest BCUT2D eigenvalue weighted by atomic mass is 35.5. The van der Waals surface area contributed by atoms with E-state index in [-0.39, 0.29) is 34.3 Å². The van der Waals surface area contributed by atoms with Crippen molar-refractivity contribution in [3.63, 3.8) is 0 Å². The number of halogens is 4. The highest BCUT2D eigenvalue weighted by molar-refractivity contribution is 6.35. The van der Waals surface area contributed by atoms with Crippen LogP contribution in [-0.4, -0.2) is 77.2 Å². The molecule has 0 spiro atoms. The van der Waals surface area contributed by atoms with E-state index in [4.69, 9.17) is 21.1 Å². The minimum absolute atomic E-state index is 0.0188. The van der Waals surface area contributed by atoms with E-state index >= 15 is 0 Å². The number of amides is 3. The molecule has 2 fully saturated rings. The van der Waals surface area contributed by atoms with E-state index < -0.39 is 60.6 Å². The van der Waals surface area contributed by atoms with Crippen LogP contribution in [-0.2, 0) is 24.7 Å². The first-order valence-electron chi connectivity index (χ1n) is 17.6. The van der Waals surface area contributed by atoms with Gasteiger partial charge in [-0.05, 0) is 84.9 Å². The molecular formula is C37H44ClF3N8O6. The third-order valence-electron chi connectivity index (χ3n) is 9.24. The average molecular weight is 789 g/mol. The third kappa shape index (κ3) is 11.7. The van der Waals surface area contributed by atoms with Gasteiger partial charge in [0.15, 0.2) is 6.61 Å². The monoisotopic (exact) mass is 788 g/mol. The summed E-state index contributed by atoms with van der Waals surface area (Å²) < 4.78 is 48.5. The van der Waals surface area contributed by atoms with Gasteiger partial charge >= 0.3 is 30.0 Å². The van der Waals surface area contributed by atoms with Crippen molar-refractivity contribution in [2.24, 2.45) is 10.8 Å². The van der Waals surface area contributed by atoms with Crippen LogP contribution in [0.2, 0.25) is 5.02 Å². The summed E-state index contributed by atoms with van der Waals surface area (Å²) in [6.45, 7) is 6.44. The standard InChI is InChI=1S/C37H44ClF3N8O6/c1-34(2)16-25(17-35(3,4)19-34)43-29(52)28(51)42-18-26(30(53)54-5)45-27(50)21-6-12-24(13-7-21)44-31-46-32(48-33(47-31)55-20-37(39,40)41)49-36(14-15-36)22-8-10-23(38)11-9-22/h6-13,25-26H,14-20H2,1-5H3,(H,42,51)(H,43,52)(H,45,50)(H2,44,46,47,48,49). The number of nitrogens with one attached hydrogen (secondary N) is 5. The van der Waals surface area contributed by atoms with Gasteiger partial charge in [-0.2, -0.15) is 28.1 Å². The maximum Gasteiger partial charge on any atom is 0.422 e. The number of methoxy groups -OCH3 is 1. The number of esters is 1. The molecule has 0 radical (unpaired) electrons. The zero-order chi connectivity index (χ0) is 40.2. The molecule has 1 heterocycles. The van der Waals surface area contributed by atoms with Gasteiger partial charge < -0.3 is 36.1 Å². The molecular weight excluding hydrogens is 745 g/mol. The fourth-order valence-electron chi connectivity index (χ4n) is 7.16. The highest BCUT2D eigenvalue weighted by Gasteiger charge is 2.45. The number of benzene rings is 2. The molecule has 5 rings (SSSR count). The minimum Gasteiger partial charge on any atom is -0.467 e. The van der Waals surface area contributed by atoms with Gasteiger partial charge in [0, 0.05) is 28.9 Å². The summed E-state index contributed by atoms with van der Waals surface area (Å²) in [4.78, 5) is 63.4. The van der Waals surface area contributed by atoms with Crippen molar-refractivity contribution in [1.29, 1.82) is 0 Å². The van der Waals surface area contributed by atoms with Crippen molar-refractivity contribution < 1.29 is 41.8 Å². The molecule has 0 saturated heterocycles. The molecule has 2 aromatic carbocycles. The number of aromatic nitrogens is 3. The van der Waals surface area contributed by atoms with Crippen LogP contribution in [0.4, 0.5) is 30.8 Å². The van der Waals surface area contributed by atoms with Crippen LogP contribution in [0.5, 0.6) is 6.01 Å². The van der Waals surface area contributed by atoms with Gasteiger partial charge in [0.05, 0.1) is 12.6 Å². The number of alkyl halides is 3. The Hall–Kier alpha value is -5.19. The summed E-state index contributed by atoms with van der Waals surface area (Å²) in [6, 6.07) is 10.8. The molecule has 2 aliphatic rings. The lowest BCUT2D eigenvalue weighted by Crippen LogP contribution is -2.53. The smallest absolute Gasteiger partial charge is 0.422 e. The zero-order valence-corrected chi connectivity index (χ0v) is 31.8. The SMILES string of the molecule is COC(=O)C(CNC(=O)C(=O)NC1CC(C)(C)CC(C)(C)C1)NC(=O)c1ccc(Nc2nc(NC3(c4ccc(Cl)cc4)CC3)nc(OCC(F)(F)F)n2)cc1. The Bertz CT molecular complexity index is 1870. The Labute approximate surface area is 321 Å². The lowest BCUT2D eigenvalue weighted by Gasteiger charge is -2.45. The minimum atomic E-state index is -4.64. The first-order chi connectivity index (χ1) is 25.7. The number of carbonyl (C=O) groups excluding carboxylic acids is 4. The highest BCUT2D eigenvalue weighted by Crippen LogP contribution is 2.48. The Morgan fingerprint density at radius 1 is 0.891 bits per heavy atom. The number of anilines is 3. The van der Waals surface area contributed by atoms with E-state index in [1.54, 1.807) is 12.1 Å². The number of hydrogen-bond acceptors (Lipinski definition) is 11. The van der Waals surface area contributed by atoms with Gasteiger partial charge in [-0.3, -0.25) is 14.4 Å². The predicted octanol–water partition coefficient (Wildman–Crippen LogP) is 5.42. The fraction of sp³-hybridized carbons (Fsp3) is 0.486. The summed E-state index contributed by atoms with van der Waals surface area (Å²) in [5.74, 6) is -3.52. The van der Waals surface area contributed by atoms with Crippen molar-refractivity contribution in [1.82, 2.24) is 30.9 Å². The molecule has 18 heteroatoms. The lowest BCUT2D eigenvalue weighted by atomic mass is 9.63. The Balaban J connectivity index is 1.22. The largest absolute Gasteiger partial charge is 0.467 e. The van der Waals surface area contributed by atoms with Crippen molar-refractivity contribution >= 4 is 52.9 Å². The van der Waals surface area contributed by atoms with E-state index in [0.29, 0.717) is 36.4 Å². The van der Waals surface area contributed by atoms with Gasteiger partial charge in [0.1, 0.15) is 6.04 Å². The van der Waals surface area contributed by atoms with Crippen LogP contribution in [0.25, 0.3) is 0 Å². The Morgan fingerprint density at radius 2 is 1.51 bits per heavy atom. The van der Waals surface area contributed by atoms with Gasteiger partial charge in [-0.1, -0.05) is 51.4 Å². The van der Waals surface area contributed by atoms with Gasteiger partial charge in [-0.15, -0.1) is 0 Å².